The number of nitrogens with one attached hydrogen (secondary N) is 1. The largest absolute Gasteiger partial charge is 0.478 e. The number of ether oxygens (including phenoxy) is 1. The molecule has 0 aliphatic heterocycles. The second-order valence-corrected chi connectivity index (χ2v) is 4.63. The van der Waals surface area contributed by atoms with Gasteiger partial charge < -0.3 is 10.5 Å². The summed E-state index contributed by atoms with van der Waals surface area (Å²) in [5.74, 6) is 1.29. The minimum Gasteiger partial charge on any atom is -0.478 e. The molecule has 0 amide bonds. The van der Waals surface area contributed by atoms with Crippen LogP contribution < -0.4 is 10.5 Å². The highest BCUT2D eigenvalue weighted by molar-refractivity contribution is 5.95. The molecule has 0 radical (unpaired) electrons. The maximum atomic E-state index is 7.39. The predicted octanol–water partition coefficient (Wildman–Crippen LogP) is 2.49. The molecule has 3 N–H and O–H groups in total. The first kappa shape index (κ1) is 13.5. The van der Waals surface area contributed by atoms with Crippen LogP contribution >= 0.6 is 0 Å². The maximum Gasteiger partial charge on any atom is 0.214 e. The Labute approximate surface area is 103 Å². The molecule has 0 aromatic carbocycles. The molecule has 0 spiro atoms. The van der Waals surface area contributed by atoms with Gasteiger partial charge in [-0.3, -0.25) is 5.41 Å². The van der Waals surface area contributed by atoms with E-state index in [4.69, 9.17) is 15.9 Å². The quantitative estimate of drug-likeness (QED) is 0.452. The number of pyridine rings is 1. The molecule has 4 heteroatoms. The second kappa shape index (κ2) is 6.23. The van der Waals surface area contributed by atoms with E-state index in [1.165, 1.54) is 0 Å². The summed E-state index contributed by atoms with van der Waals surface area (Å²) < 4.78 is 5.56. The lowest BCUT2D eigenvalue weighted by Gasteiger charge is -2.09. The van der Waals surface area contributed by atoms with Crippen LogP contribution in [0.25, 0.3) is 0 Å². The molecule has 0 bridgehead atoms. The number of nitrogens with two attached hydrogens (primary N) is 1. The first-order chi connectivity index (χ1) is 7.99. The zero-order chi connectivity index (χ0) is 12.8. The zero-order valence-electron chi connectivity index (χ0n) is 10.8. The average Bonchev–Trinajstić information content (AvgIpc) is 2.23. The van der Waals surface area contributed by atoms with Crippen molar-refractivity contribution in [2.24, 2.45) is 11.7 Å². The van der Waals surface area contributed by atoms with Crippen molar-refractivity contribution in [1.82, 2.24) is 4.98 Å². The van der Waals surface area contributed by atoms with Crippen molar-refractivity contribution in [3.63, 3.8) is 0 Å². The Bertz CT molecular complexity index is 388. The summed E-state index contributed by atoms with van der Waals surface area (Å²) in [6.07, 6.45) is 2.16. The zero-order valence-corrected chi connectivity index (χ0v) is 10.8. The summed E-state index contributed by atoms with van der Waals surface area (Å²) in [7, 11) is 0. The van der Waals surface area contributed by atoms with Crippen LogP contribution in [-0.2, 0) is 0 Å². The van der Waals surface area contributed by atoms with Crippen LogP contribution in [0.15, 0.2) is 12.1 Å². The Morgan fingerprint density at radius 3 is 2.76 bits per heavy atom. The van der Waals surface area contributed by atoms with Crippen LogP contribution in [0.3, 0.4) is 0 Å². The van der Waals surface area contributed by atoms with Crippen molar-refractivity contribution in [2.75, 3.05) is 6.61 Å². The highest BCUT2D eigenvalue weighted by Crippen LogP contribution is 2.13. The van der Waals surface area contributed by atoms with Gasteiger partial charge in [-0.15, -0.1) is 0 Å². The number of rotatable bonds is 6. The van der Waals surface area contributed by atoms with Crippen molar-refractivity contribution in [1.29, 1.82) is 5.41 Å². The van der Waals surface area contributed by atoms with Crippen molar-refractivity contribution in [3.8, 4) is 5.88 Å². The van der Waals surface area contributed by atoms with Gasteiger partial charge in [0.25, 0.3) is 0 Å². The first-order valence-corrected chi connectivity index (χ1v) is 5.95. The van der Waals surface area contributed by atoms with E-state index in [1.807, 2.05) is 6.92 Å². The third-order valence-electron chi connectivity index (χ3n) is 2.42. The molecule has 0 saturated carbocycles. The van der Waals surface area contributed by atoms with Crippen molar-refractivity contribution < 1.29 is 4.74 Å². The smallest absolute Gasteiger partial charge is 0.214 e. The second-order valence-electron chi connectivity index (χ2n) is 4.63. The van der Waals surface area contributed by atoms with Gasteiger partial charge in [0.2, 0.25) is 5.88 Å². The Morgan fingerprint density at radius 2 is 2.18 bits per heavy atom. The highest BCUT2D eigenvalue weighted by Gasteiger charge is 2.03. The Morgan fingerprint density at radius 1 is 1.47 bits per heavy atom. The Balaban J connectivity index is 2.56. The van der Waals surface area contributed by atoms with E-state index in [9.17, 15) is 0 Å². The summed E-state index contributed by atoms with van der Waals surface area (Å²) in [5, 5.41) is 7.39. The van der Waals surface area contributed by atoms with Gasteiger partial charge in [-0.1, -0.05) is 13.8 Å². The number of nitrogens with zero attached hydrogens (tertiary/aromatic N) is 1. The van der Waals surface area contributed by atoms with Gasteiger partial charge in [0, 0.05) is 17.3 Å². The molecule has 0 atom stereocenters. The van der Waals surface area contributed by atoms with Crippen molar-refractivity contribution >= 4 is 5.84 Å². The third-order valence-corrected chi connectivity index (χ3v) is 2.42. The average molecular weight is 235 g/mol. The maximum absolute atomic E-state index is 7.39. The standard InChI is InChI=1S/C13H21N3O/c1-9(2)5-4-6-17-12-8-11(13(14)15)7-10(3)16-12/h7-9H,4-6H2,1-3H3,(H3,14,15). The number of hydrogen-bond acceptors (Lipinski definition) is 3. The van der Waals surface area contributed by atoms with E-state index in [0.29, 0.717) is 24.0 Å². The van der Waals surface area contributed by atoms with E-state index >= 15 is 0 Å². The fraction of sp³-hybridized carbons (Fsp3) is 0.538. The summed E-state index contributed by atoms with van der Waals surface area (Å²) in [6, 6.07) is 3.49. The minimum absolute atomic E-state index is 0.0440. The van der Waals surface area contributed by atoms with Crippen LogP contribution in [0.5, 0.6) is 5.88 Å². The molecule has 1 aromatic heterocycles. The van der Waals surface area contributed by atoms with Gasteiger partial charge in [0.1, 0.15) is 5.84 Å². The fourth-order valence-electron chi connectivity index (χ4n) is 1.54. The first-order valence-electron chi connectivity index (χ1n) is 5.95. The molecule has 4 nitrogen and oxygen atoms in total. The van der Waals surface area contributed by atoms with Crippen LogP contribution in [0.2, 0.25) is 0 Å². The van der Waals surface area contributed by atoms with Crippen LogP contribution in [0, 0.1) is 18.3 Å². The van der Waals surface area contributed by atoms with Crippen molar-refractivity contribution in [2.45, 2.75) is 33.6 Å². The molecule has 17 heavy (non-hydrogen) atoms. The monoisotopic (exact) mass is 235 g/mol. The topological polar surface area (TPSA) is 72.0 Å². The molecule has 0 unspecified atom stereocenters. The molecular formula is C13H21N3O. The van der Waals surface area contributed by atoms with Gasteiger partial charge in [-0.25, -0.2) is 4.98 Å². The van der Waals surface area contributed by atoms with Crippen LogP contribution in [-0.4, -0.2) is 17.4 Å². The highest BCUT2D eigenvalue weighted by atomic mass is 16.5. The molecule has 1 aromatic rings. The third kappa shape index (κ3) is 4.85. The molecule has 0 aliphatic carbocycles. The SMILES string of the molecule is Cc1cc(C(=N)N)cc(OCCCC(C)C)n1. The van der Waals surface area contributed by atoms with Crippen molar-refractivity contribution in [3.05, 3.63) is 23.4 Å². The lowest BCUT2D eigenvalue weighted by atomic mass is 10.1. The minimum atomic E-state index is 0.0440. The number of hydrogen-bond donors (Lipinski definition) is 2. The van der Waals surface area contributed by atoms with Crippen LogP contribution in [0.4, 0.5) is 0 Å². The van der Waals surface area contributed by atoms with E-state index in [2.05, 4.69) is 18.8 Å². The van der Waals surface area contributed by atoms with Gasteiger partial charge in [-0.05, 0) is 31.7 Å². The summed E-state index contributed by atoms with van der Waals surface area (Å²) in [6.45, 7) is 6.91. The molecule has 94 valence electrons. The van der Waals surface area contributed by atoms with Gasteiger partial charge in [-0.2, -0.15) is 0 Å². The number of aromatic nitrogens is 1. The van der Waals surface area contributed by atoms with Gasteiger partial charge in [0.05, 0.1) is 6.61 Å². The van der Waals surface area contributed by atoms with Gasteiger partial charge >= 0.3 is 0 Å². The van der Waals surface area contributed by atoms with E-state index in [0.717, 1.165) is 18.5 Å². The van der Waals surface area contributed by atoms with Crippen LogP contribution in [0.1, 0.15) is 37.9 Å². The summed E-state index contributed by atoms with van der Waals surface area (Å²) in [4.78, 5) is 4.26. The van der Waals surface area contributed by atoms with E-state index in [1.54, 1.807) is 12.1 Å². The number of aryl methyl sites for hydroxylation is 1. The number of nitrogen functional groups attached to an aromatic ring is 1. The molecule has 1 rings (SSSR count). The molecule has 0 aliphatic rings. The van der Waals surface area contributed by atoms with Gasteiger partial charge in [0.15, 0.2) is 0 Å². The molecular weight excluding hydrogens is 214 g/mol. The summed E-state index contributed by atoms with van der Waals surface area (Å²) >= 11 is 0. The molecule has 0 saturated heterocycles. The Kier molecular flexibility index (Phi) is 4.94. The Hall–Kier alpha value is -1.58. The normalized spacial score (nSPS) is 10.6. The lowest BCUT2D eigenvalue weighted by molar-refractivity contribution is 0.286. The summed E-state index contributed by atoms with van der Waals surface area (Å²) in [5.41, 5.74) is 6.93. The number of amidine groups is 1. The van der Waals surface area contributed by atoms with E-state index < -0.39 is 0 Å². The molecule has 1 heterocycles. The predicted molar refractivity (Wildman–Crippen MR) is 69.6 cm³/mol. The molecule has 0 fully saturated rings. The van der Waals surface area contributed by atoms with E-state index in [-0.39, 0.29) is 5.84 Å². The fourth-order valence-corrected chi connectivity index (χ4v) is 1.54. The lowest BCUT2D eigenvalue weighted by Crippen LogP contribution is -2.12.